The van der Waals surface area contributed by atoms with Gasteiger partial charge in [-0.25, -0.2) is 0 Å². The molecule has 0 saturated carbocycles. The van der Waals surface area contributed by atoms with Crippen molar-refractivity contribution in [1.29, 1.82) is 0 Å². The van der Waals surface area contributed by atoms with E-state index in [4.69, 9.17) is 32.7 Å². The Bertz CT molecular complexity index is 689. The predicted molar refractivity (Wildman–Crippen MR) is 87.2 cm³/mol. The van der Waals surface area contributed by atoms with Gasteiger partial charge < -0.3 is 14.8 Å². The van der Waals surface area contributed by atoms with E-state index in [0.29, 0.717) is 27.1 Å². The Labute approximate surface area is 138 Å². The molecule has 2 aromatic rings. The highest BCUT2D eigenvalue weighted by atomic mass is 35.5. The quantitative estimate of drug-likeness (QED) is 0.897. The highest BCUT2D eigenvalue weighted by Crippen LogP contribution is 2.30. The van der Waals surface area contributed by atoms with Crippen molar-refractivity contribution >= 4 is 29.1 Å². The lowest BCUT2D eigenvalue weighted by Crippen LogP contribution is -2.23. The number of ether oxygens (including phenoxy) is 2. The fourth-order valence-corrected chi connectivity index (χ4v) is 2.53. The average molecular weight is 340 g/mol. The van der Waals surface area contributed by atoms with Crippen LogP contribution in [-0.2, 0) is 6.54 Å². The van der Waals surface area contributed by atoms with Crippen LogP contribution in [0, 0.1) is 0 Å². The highest BCUT2D eigenvalue weighted by Gasteiger charge is 2.13. The van der Waals surface area contributed by atoms with Crippen LogP contribution < -0.4 is 14.8 Å². The van der Waals surface area contributed by atoms with Gasteiger partial charge in [-0.05, 0) is 24.3 Å². The molecule has 6 heteroatoms. The van der Waals surface area contributed by atoms with Gasteiger partial charge in [0.05, 0.1) is 24.8 Å². The largest absolute Gasteiger partial charge is 0.493 e. The standard InChI is InChI=1S/C16H15Cl2NO3/c1-21-14-5-3-4-10(15(14)22-2)9-19-16(20)12-7-6-11(17)8-13(12)18/h3-8H,9H2,1-2H3,(H,19,20). The zero-order chi connectivity index (χ0) is 16.1. The van der Waals surface area contributed by atoms with Gasteiger partial charge in [-0.3, -0.25) is 4.79 Å². The SMILES string of the molecule is COc1cccc(CNC(=O)c2ccc(Cl)cc2Cl)c1OC. The number of methoxy groups -OCH3 is 2. The molecular weight excluding hydrogens is 325 g/mol. The van der Waals surface area contributed by atoms with E-state index in [1.54, 1.807) is 32.4 Å². The number of carbonyl (C=O) groups excluding carboxylic acids is 1. The molecule has 0 aliphatic carbocycles. The summed E-state index contributed by atoms with van der Waals surface area (Å²) in [7, 11) is 3.12. The third-order valence-corrected chi connectivity index (χ3v) is 3.65. The first kappa shape index (κ1) is 16.5. The molecule has 0 atom stereocenters. The Kier molecular flexibility index (Phi) is 5.52. The number of benzene rings is 2. The lowest BCUT2D eigenvalue weighted by molar-refractivity contribution is 0.0951. The Morgan fingerprint density at radius 1 is 1.14 bits per heavy atom. The third kappa shape index (κ3) is 3.64. The van der Waals surface area contributed by atoms with E-state index in [9.17, 15) is 4.79 Å². The predicted octanol–water partition coefficient (Wildman–Crippen LogP) is 3.94. The minimum atomic E-state index is -0.286. The van der Waals surface area contributed by atoms with Crippen LogP contribution in [-0.4, -0.2) is 20.1 Å². The fraction of sp³-hybridized carbons (Fsp3) is 0.188. The molecule has 0 aromatic heterocycles. The van der Waals surface area contributed by atoms with Crippen molar-refractivity contribution in [3.63, 3.8) is 0 Å². The second kappa shape index (κ2) is 7.38. The molecule has 0 fully saturated rings. The van der Waals surface area contributed by atoms with Crippen LogP contribution in [0.2, 0.25) is 10.0 Å². The maximum Gasteiger partial charge on any atom is 0.253 e. The van der Waals surface area contributed by atoms with Crippen LogP contribution in [0.5, 0.6) is 11.5 Å². The van der Waals surface area contributed by atoms with Crippen LogP contribution >= 0.6 is 23.2 Å². The van der Waals surface area contributed by atoms with Gasteiger partial charge in [0.2, 0.25) is 0 Å². The van der Waals surface area contributed by atoms with Crippen LogP contribution in [0.3, 0.4) is 0 Å². The van der Waals surface area contributed by atoms with Crippen molar-refractivity contribution in [2.75, 3.05) is 14.2 Å². The normalized spacial score (nSPS) is 10.2. The Hall–Kier alpha value is -1.91. The lowest BCUT2D eigenvalue weighted by atomic mass is 10.1. The molecule has 0 spiro atoms. The monoisotopic (exact) mass is 339 g/mol. The van der Waals surface area contributed by atoms with E-state index >= 15 is 0 Å². The van der Waals surface area contributed by atoms with Gasteiger partial charge >= 0.3 is 0 Å². The summed E-state index contributed by atoms with van der Waals surface area (Å²) in [5.41, 5.74) is 1.17. The number of hydrogen-bond acceptors (Lipinski definition) is 3. The van der Waals surface area contributed by atoms with Crippen molar-refractivity contribution < 1.29 is 14.3 Å². The summed E-state index contributed by atoms with van der Waals surface area (Å²) >= 11 is 11.8. The second-order valence-corrected chi connectivity index (χ2v) is 5.30. The number of halogens is 2. The van der Waals surface area contributed by atoms with Crippen LogP contribution in [0.1, 0.15) is 15.9 Å². The number of nitrogens with one attached hydrogen (secondary N) is 1. The molecule has 116 valence electrons. The molecule has 4 nitrogen and oxygen atoms in total. The van der Waals surface area contributed by atoms with E-state index in [1.807, 2.05) is 12.1 Å². The average Bonchev–Trinajstić information content (AvgIpc) is 2.51. The second-order valence-electron chi connectivity index (χ2n) is 4.46. The summed E-state index contributed by atoms with van der Waals surface area (Å²) in [6.45, 7) is 0.290. The first-order valence-corrected chi connectivity index (χ1v) is 7.25. The smallest absolute Gasteiger partial charge is 0.253 e. The van der Waals surface area contributed by atoms with Crippen LogP contribution in [0.25, 0.3) is 0 Å². The lowest BCUT2D eigenvalue weighted by Gasteiger charge is -2.13. The molecule has 0 radical (unpaired) electrons. The van der Waals surface area contributed by atoms with Gasteiger partial charge in [-0.15, -0.1) is 0 Å². The van der Waals surface area contributed by atoms with Crippen LogP contribution in [0.15, 0.2) is 36.4 Å². The molecule has 0 aliphatic heterocycles. The maximum atomic E-state index is 12.2. The summed E-state index contributed by atoms with van der Waals surface area (Å²) in [6, 6.07) is 10.2. The van der Waals surface area contributed by atoms with Gasteiger partial charge in [0.15, 0.2) is 11.5 Å². The Morgan fingerprint density at radius 2 is 1.91 bits per heavy atom. The number of para-hydroxylation sites is 1. The van der Waals surface area contributed by atoms with Gasteiger partial charge in [-0.2, -0.15) is 0 Å². The maximum absolute atomic E-state index is 12.2. The molecule has 2 aromatic carbocycles. The minimum absolute atomic E-state index is 0.286. The van der Waals surface area contributed by atoms with Crippen molar-refractivity contribution in [2.24, 2.45) is 0 Å². The summed E-state index contributed by atoms with van der Waals surface area (Å²) in [4.78, 5) is 12.2. The fourth-order valence-electron chi connectivity index (χ4n) is 2.04. The van der Waals surface area contributed by atoms with Crippen molar-refractivity contribution in [2.45, 2.75) is 6.54 Å². The molecule has 2 rings (SSSR count). The minimum Gasteiger partial charge on any atom is -0.493 e. The molecule has 0 heterocycles. The molecule has 0 unspecified atom stereocenters. The Morgan fingerprint density at radius 3 is 2.55 bits per heavy atom. The highest BCUT2D eigenvalue weighted by molar-refractivity contribution is 6.36. The molecule has 0 saturated heterocycles. The molecule has 1 amide bonds. The van der Waals surface area contributed by atoms with E-state index in [1.165, 1.54) is 6.07 Å². The summed E-state index contributed by atoms with van der Waals surface area (Å²) in [5.74, 6) is 0.915. The van der Waals surface area contributed by atoms with Crippen molar-refractivity contribution in [1.82, 2.24) is 5.32 Å². The number of rotatable bonds is 5. The molecule has 1 N–H and O–H groups in total. The first-order valence-electron chi connectivity index (χ1n) is 6.50. The summed E-state index contributed by atoms with van der Waals surface area (Å²) in [6.07, 6.45) is 0. The molecule has 0 aliphatic rings. The van der Waals surface area contributed by atoms with E-state index in [0.717, 1.165) is 5.56 Å². The van der Waals surface area contributed by atoms with Gasteiger partial charge in [-0.1, -0.05) is 35.3 Å². The van der Waals surface area contributed by atoms with E-state index in [-0.39, 0.29) is 12.5 Å². The van der Waals surface area contributed by atoms with E-state index < -0.39 is 0 Å². The molecule has 22 heavy (non-hydrogen) atoms. The van der Waals surface area contributed by atoms with Crippen molar-refractivity contribution in [3.05, 3.63) is 57.6 Å². The Balaban J connectivity index is 2.14. The first-order chi connectivity index (χ1) is 10.6. The number of carbonyl (C=O) groups is 1. The zero-order valence-electron chi connectivity index (χ0n) is 12.2. The number of hydrogen-bond donors (Lipinski definition) is 1. The molecular formula is C16H15Cl2NO3. The van der Waals surface area contributed by atoms with Crippen LogP contribution in [0.4, 0.5) is 0 Å². The third-order valence-electron chi connectivity index (χ3n) is 3.10. The summed E-state index contributed by atoms with van der Waals surface area (Å²) in [5, 5.41) is 3.59. The summed E-state index contributed by atoms with van der Waals surface area (Å²) < 4.78 is 10.6. The zero-order valence-corrected chi connectivity index (χ0v) is 13.7. The van der Waals surface area contributed by atoms with Gasteiger partial charge in [0.25, 0.3) is 5.91 Å². The van der Waals surface area contributed by atoms with E-state index in [2.05, 4.69) is 5.32 Å². The number of amides is 1. The topological polar surface area (TPSA) is 47.6 Å². The van der Waals surface area contributed by atoms with Gasteiger partial charge in [0.1, 0.15) is 0 Å². The molecule has 0 bridgehead atoms. The van der Waals surface area contributed by atoms with Gasteiger partial charge in [0, 0.05) is 17.1 Å². The van der Waals surface area contributed by atoms with Crippen molar-refractivity contribution in [3.8, 4) is 11.5 Å².